The molecule has 0 bridgehead atoms. The number of halogens is 1. The topological polar surface area (TPSA) is 41.5 Å². The normalized spacial score (nSPS) is 14.3. The third kappa shape index (κ3) is 6.52. The van der Waals surface area contributed by atoms with E-state index in [1.165, 1.54) is 5.56 Å². The smallest absolute Gasteiger partial charge is 0.0897 e. The van der Waals surface area contributed by atoms with E-state index >= 15 is 0 Å². The first kappa shape index (κ1) is 16.6. The van der Waals surface area contributed by atoms with Crippen LogP contribution in [0.4, 0.5) is 0 Å². The van der Waals surface area contributed by atoms with Crippen LogP contribution >= 0.6 is 15.9 Å². The summed E-state index contributed by atoms with van der Waals surface area (Å²) in [5, 5.41) is 13.1. The van der Waals surface area contributed by atoms with E-state index in [-0.39, 0.29) is 6.04 Å². The molecule has 108 valence electrons. The van der Waals surface area contributed by atoms with Crippen LogP contribution in [-0.2, 0) is 4.74 Å². The molecule has 4 heteroatoms. The molecule has 2 N–H and O–H groups in total. The predicted octanol–water partition coefficient (Wildman–Crippen LogP) is 3.28. The maximum absolute atomic E-state index is 9.81. The molecule has 1 unspecified atom stereocenters. The minimum absolute atomic E-state index is 0.195. The molecule has 0 fully saturated rings. The predicted molar refractivity (Wildman–Crippen MR) is 82.3 cm³/mol. The SMILES string of the molecule is CCCCOCC(O)CN[C@@H](C)c1ccccc1Br. The van der Waals surface area contributed by atoms with Gasteiger partial charge in [-0.3, -0.25) is 0 Å². The van der Waals surface area contributed by atoms with Crippen molar-refractivity contribution in [2.24, 2.45) is 0 Å². The standard InChI is InChI=1S/C15H24BrNO2/c1-3-4-9-19-11-13(18)10-17-12(2)14-7-5-6-8-15(14)16/h5-8,12-13,17-18H,3-4,9-11H2,1-2H3/t12-,13?/m0/s1. The van der Waals surface area contributed by atoms with E-state index in [0.29, 0.717) is 13.2 Å². The third-order valence-electron chi connectivity index (χ3n) is 2.98. The second kappa shape index (κ2) is 9.48. The quantitative estimate of drug-likeness (QED) is 0.683. The van der Waals surface area contributed by atoms with Gasteiger partial charge in [0.25, 0.3) is 0 Å². The Labute approximate surface area is 124 Å². The molecule has 19 heavy (non-hydrogen) atoms. The number of unbranched alkanes of at least 4 members (excludes halogenated alkanes) is 1. The van der Waals surface area contributed by atoms with Crippen molar-refractivity contribution in [1.29, 1.82) is 0 Å². The molecule has 0 aromatic heterocycles. The Morgan fingerprint density at radius 3 is 2.79 bits per heavy atom. The highest BCUT2D eigenvalue weighted by atomic mass is 79.9. The van der Waals surface area contributed by atoms with E-state index in [0.717, 1.165) is 23.9 Å². The largest absolute Gasteiger partial charge is 0.389 e. The van der Waals surface area contributed by atoms with Gasteiger partial charge in [-0.25, -0.2) is 0 Å². The number of hydrogen-bond acceptors (Lipinski definition) is 3. The van der Waals surface area contributed by atoms with Gasteiger partial charge >= 0.3 is 0 Å². The fraction of sp³-hybridized carbons (Fsp3) is 0.600. The summed E-state index contributed by atoms with van der Waals surface area (Å²) >= 11 is 3.54. The van der Waals surface area contributed by atoms with Crippen LogP contribution in [0.25, 0.3) is 0 Å². The molecule has 0 saturated carbocycles. The fourth-order valence-electron chi connectivity index (χ4n) is 1.77. The highest BCUT2D eigenvalue weighted by molar-refractivity contribution is 9.10. The van der Waals surface area contributed by atoms with Crippen molar-refractivity contribution in [3.8, 4) is 0 Å². The Balaban J connectivity index is 2.26. The van der Waals surface area contributed by atoms with Crippen LogP contribution in [-0.4, -0.2) is 31.0 Å². The maximum atomic E-state index is 9.81. The molecule has 0 aliphatic carbocycles. The van der Waals surface area contributed by atoms with Gasteiger partial charge in [0.1, 0.15) is 0 Å². The minimum atomic E-state index is -0.457. The molecular weight excluding hydrogens is 306 g/mol. The summed E-state index contributed by atoms with van der Waals surface area (Å²) in [6, 6.07) is 8.31. The Hall–Kier alpha value is -0.420. The highest BCUT2D eigenvalue weighted by Crippen LogP contribution is 2.22. The van der Waals surface area contributed by atoms with Gasteiger partial charge in [0.15, 0.2) is 0 Å². The van der Waals surface area contributed by atoms with Crippen LogP contribution in [0.15, 0.2) is 28.7 Å². The van der Waals surface area contributed by atoms with Crippen molar-refractivity contribution in [3.05, 3.63) is 34.3 Å². The summed E-state index contributed by atoms with van der Waals surface area (Å²) in [5.74, 6) is 0. The number of rotatable bonds is 9. The van der Waals surface area contributed by atoms with Gasteiger partial charge in [0.05, 0.1) is 12.7 Å². The molecule has 0 radical (unpaired) electrons. The second-order valence-corrected chi connectivity index (χ2v) is 5.59. The summed E-state index contributed by atoms with van der Waals surface area (Å²) in [6.45, 7) is 5.88. The van der Waals surface area contributed by atoms with Crippen LogP contribution < -0.4 is 5.32 Å². The zero-order valence-corrected chi connectivity index (χ0v) is 13.3. The first-order valence-corrected chi connectivity index (χ1v) is 7.68. The number of ether oxygens (including phenoxy) is 1. The van der Waals surface area contributed by atoms with Gasteiger partial charge < -0.3 is 15.2 Å². The minimum Gasteiger partial charge on any atom is -0.389 e. The molecule has 0 aliphatic rings. The highest BCUT2D eigenvalue weighted by Gasteiger charge is 2.10. The van der Waals surface area contributed by atoms with Crippen molar-refractivity contribution in [2.45, 2.75) is 38.8 Å². The van der Waals surface area contributed by atoms with Crippen LogP contribution in [0.5, 0.6) is 0 Å². The summed E-state index contributed by atoms with van der Waals surface area (Å²) in [5.41, 5.74) is 1.20. The van der Waals surface area contributed by atoms with Crippen LogP contribution in [0.2, 0.25) is 0 Å². The number of hydrogen-bond donors (Lipinski definition) is 2. The lowest BCUT2D eigenvalue weighted by Gasteiger charge is -2.18. The van der Waals surface area contributed by atoms with E-state index in [2.05, 4.69) is 41.2 Å². The third-order valence-corrected chi connectivity index (χ3v) is 3.71. The molecule has 1 rings (SSSR count). The summed E-state index contributed by atoms with van der Waals surface area (Å²) in [6.07, 6.45) is 1.71. The van der Waals surface area contributed by atoms with Crippen LogP contribution in [0.3, 0.4) is 0 Å². The molecular formula is C15H24BrNO2. The van der Waals surface area contributed by atoms with Gasteiger partial charge in [-0.15, -0.1) is 0 Å². The van der Waals surface area contributed by atoms with E-state index < -0.39 is 6.10 Å². The monoisotopic (exact) mass is 329 g/mol. The van der Waals surface area contributed by atoms with Crippen molar-refractivity contribution < 1.29 is 9.84 Å². The van der Waals surface area contributed by atoms with Crippen LogP contribution in [0.1, 0.15) is 38.3 Å². The average molecular weight is 330 g/mol. The van der Waals surface area contributed by atoms with Crippen LogP contribution in [0, 0.1) is 0 Å². The lowest BCUT2D eigenvalue weighted by molar-refractivity contribution is 0.0348. The van der Waals surface area contributed by atoms with Gasteiger partial charge in [0, 0.05) is 23.7 Å². The second-order valence-electron chi connectivity index (χ2n) is 4.73. The maximum Gasteiger partial charge on any atom is 0.0897 e. The van der Waals surface area contributed by atoms with Gasteiger partial charge in [0.2, 0.25) is 0 Å². The Morgan fingerprint density at radius 2 is 2.11 bits per heavy atom. The van der Waals surface area contributed by atoms with E-state index in [1.807, 2.05) is 18.2 Å². The molecule has 3 nitrogen and oxygen atoms in total. The Morgan fingerprint density at radius 1 is 1.37 bits per heavy atom. The lowest BCUT2D eigenvalue weighted by Crippen LogP contribution is -2.32. The molecule has 1 aromatic carbocycles. The van der Waals surface area contributed by atoms with Crippen molar-refractivity contribution in [2.75, 3.05) is 19.8 Å². The lowest BCUT2D eigenvalue weighted by atomic mass is 10.1. The first-order chi connectivity index (χ1) is 9.15. The number of benzene rings is 1. The molecule has 0 aliphatic heterocycles. The number of nitrogens with one attached hydrogen (secondary N) is 1. The zero-order valence-electron chi connectivity index (χ0n) is 11.7. The molecule has 0 spiro atoms. The fourth-order valence-corrected chi connectivity index (χ4v) is 2.40. The van der Waals surface area contributed by atoms with Crippen molar-refractivity contribution in [3.63, 3.8) is 0 Å². The molecule has 0 saturated heterocycles. The average Bonchev–Trinajstić information content (AvgIpc) is 2.41. The molecule has 0 amide bonds. The Kier molecular flexibility index (Phi) is 8.30. The zero-order chi connectivity index (χ0) is 14.1. The first-order valence-electron chi connectivity index (χ1n) is 6.88. The Bertz CT molecular complexity index is 360. The van der Waals surface area contributed by atoms with Crippen molar-refractivity contribution >= 4 is 15.9 Å². The van der Waals surface area contributed by atoms with Gasteiger partial charge in [-0.05, 0) is 25.0 Å². The summed E-state index contributed by atoms with van der Waals surface area (Å²) in [7, 11) is 0. The van der Waals surface area contributed by atoms with Crippen molar-refractivity contribution in [1.82, 2.24) is 5.32 Å². The van der Waals surface area contributed by atoms with E-state index in [1.54, 1.807) is 0 Å². The molecule has 1 aromatic rings. The molecule has 0 heterocycles. The number of aliphatic hydroxyl groups excluding tert-OH is 1. The summed E-state index contributed by atoms with van der Waals surface area (Å²) < 4.78 is 6.49. The molecule has 2 atom stereocenters. The van der Waals surface area contributed by atoms with E-state index in [4.69, 9.17) is 4.74 Å². The van der Waals surface area contributed by atoms with E-state index in [9.17, 15) is 5.11 Å². The van der Waals surface area contributed by atoms with Gasteiger partial charge in [-0.2, -0.15) is 0 Å². The number of aliphatic hydroxyl groups is 1. The van der Waals surface area contributed by atoms with Gasteiger partial charge in [-0.1, -0.05) is 47.5 Å². The summed E-state index contributed by atoms with van der Waals surface area (Å²) in [4.78, 5) is 0.